The summed E-state index contributed by atoms with van der Waals surface area (Å²) in [6.45, 7) is 5.59. The molecule has 2 N–H and O–H groups in total. The van der Waals surface area contributed by atoms with Gasteiger partial charge in [0.25, 0.3) is 0 Å². The molecule has 2 amide bonds. The molecule has 2 aromatic carbocycles. The molecule has 2 aromatic rings. The molecule has 0 aromatic heterocycles. The number of rotatable bonds is 7. The van der Waals surface area contributed by atoms with Gasteiger partial charge in [-0.15, -0.1) is 0 Å². The molecule has 0 bridgehead atoms. The van der Waals surface area contributed by atoms with Crippen molar-refractivity contribution in [3.05, 3.63) is 47.5 Å². The van der Waals surface area contributed by atoms with Crippen LogP contribution in [0, 0.1) is 11.6 Å². The van der Waals surface area contributed by atoms with Crippen LogP contribution in [0.25, 0.3) is 0 Å². The minimum Gasteiger partial charge on any atom is -0.493 e. The molecule has 0 heterocycles. The molecule has 0 radical (unpaired) electrons. The van der Waals surface area contributed by atoms with Gasteiger partial charge in [0.05, 0.1) is 26.4 Å². The highest BCUT2D eigenvalue weighted by Gasteiger charge is 2.16. The number of urea groups is 1. The van der Waals surface area contributed by atoms with Gasteiger partial charge in [-0.1, -0.05) is 6.07 Å². The number of nitrogens with one attached hydrogen (secondary N) is 2. The summed E-state index contributed by atoms with van der Waals surface area (Å²) in [5, 5.41) is 5.10. The summed E-state index contributed by atoms with van der Waals surface area (Å²) in [5.74, 6) is -1.18. The fraction of sp³-hybridized carbons (Fsp3) is 0.350. The van der Waals surface area contributed by atoms with Gasteiger partial charge < -0.3 is 24.8 Å². The zero-order chi connectivity index (χ0) is 20.8. The molecular formula is C20H24F2N2O4. The van der Waals surface area contributed by atoms with E-state index in [1.165, 1.54) is 7.11 Å². The summed E-state index contributed by atoms with van der Waals surface area (Å²) in [6.07, 6.45) is -0.00800. The molecule has 0 fully saturated rings. The van der Waals surface area contributed by atoms with Crippen LogP contribution < -0.4 is 24.8 Å². The van der Waals surface area contributed by atoms with Crippen LogP contribution in [-0.2, 0) is 0 Å². The number of benzene rings is 2. The van der Waals surface area contributed by atoms with Crippen LogP contribution in [0.1, 0.15) is 32.4 Å². The van der Waals surface area contributed by atoms with Crippen molar-refractivity contribution in [3.63, 3.8) is 0 Å². The maximum Gasteiger partial charge on any atom is 0.319 e. The Hall–Kier alpha value is -3.03. The number of halogens is 2. The van der Waals surface area contributed by atoms with Gasteiger partial charge in [0.1, 0.15) is 0 Å². The van der Waals surface area contributed by atoms with E-state index in [1.54, 1.807) is 25.1 Å². The van der Waals surface area contributed by atoms with Crippen molar-refractivity contribution in [1.82, 2.24) is 5.32 Å². The summed E-state index contributed by atoms with van der Waals surface area (Å²) in [7, 11) is 2.69. The fourth-order valence-corrected chi connectivity index (χ4v) is 2.58. The average Bonchev–Trinajstić information content (AvgIpc) is 2.61. The van der Waals surface area contributed by atoms with E-state index in [0.717, 1.165) is 24.8 Å². The van der Waals surface area contributed by atoms with E-state index in [1.807, 2.05) is 13.8 Å². The van der Waals surface area contributed by atoms with Gasteiger partial charge in [-0.3, -0.25) is 0 Å². The fourth-order valence-electron chi connectivity index (χ4n) is 2.58. The van der Waals surface area contributed by atoms with Crippen LogP contribution in [0.4, 0.5) is 19.3 Å². The highest BCUT2D eigenvalue weighted by Crippen LogP contribution is 2.31. The molecule has 8 heteroatoms. The maximum absolute atomic E-state index is 13.7. The van der Waals surface area contributed by atoms with Gasteiger partial charge in [-0.25, -0.2) is 13.6 Å². The van der Waals surface area contributed by atoms with Crippen molar-refractivity contribution < 1.29 is 27.8 Å². The summed E-state index contributed by atoms with van der Waals surface area (Å²) in [5.41, 5.74) is 0.744. The number of hydrogen-bond acceptors (Lipinski definition) is 4. The first-order valence-electron chi connectivity index (χ1n) is 8.70. The molecular weight excluding hydrogens is 370 g/mol. The molecule has 1 unspecified atom stereocenters. The molecule has 0 saturated carbocycles. The highest BCUT2D eigenvalue weighted by atomic mass is 19.1. The highest BCUT2D eigenvalue weighted by molar-refractivity contribution is 5.89. The lowest BCUT2D eigenvalue weighted by atomic mass is 10.1. The minimum atomic E-state index is -0.906. The van der Waals surface area contributed by atoms with Gasteiger partial charge >= 0.3 is 6.03 Å². The molecule has 0 aliphatic rings. The van der Waals surface area contributed by atoms with Crippen molar-refractivity contribution >= 4 is 11.7 Å². The van der Waals surface area contributed by atoms with E-state index in [4.69, 9.17) is 9.47 Å². The Morgan fingerprint density at radius 3 is 2.14 bits per heavy atom. The SMILES string of the molecule is COc1cc(C(C)NC(=O)Nc2cc(F)c(OC)c(F)c2)ccc1OC(C)C. The van der Waals surface area contributed by atoms with Crippen LogP contribution in [0.15, 0.2) is 30.3 Å². The van der Waals surface area contributed by atoms with E-state index in [-0.39, 0.29) is 11.8 Å². The number of ether oxygens (including phenoxy) is 3. The lowest BCUT2D eigenvalue weighted by molar-refractivity contribution is 0.230. The molecule has 0 spiro atoms. The second kappa shape index (κ2) is 9.25. The predicted molar refractivity (Wildman–Crippen MR) is 102 cm³/mol. The Bertz CT molecular complexity index is 820. The molecule has 0 saturated heterocycles. The largest absolute Gasteiger partial charge is 0.493 e. The van der Waals surface area contributed by atoms with Gasteiger partial charge in [0.15, 0.2) is 28.9 Å². The molecule has 6 nitrogen and oxygen atoms in total. The molecule has 28 heavy (non-hydrogen) atoms. The summed E-state index contributed by atoms with van der Waals surface area (Å²) < 4.78 is 43.1. The van der Waals surface area contributed by atoms with E-state index >= 15 is 0 Å². The number of methoxy groups -OCH3 is 2. The van der Waals surface area contributed by atoms with E-state index in [2.05, 4.69) is 15.4 Å². The average molecular weight is 394 g/mol. The lowest BCUT2D eigenvalue weighted by Crippen LogP contribution is -2.31. The third-order valence-electron chi connectivity index (χ3n) is 3.86. The first kappa shape index (κ1) is 21.3. The second-order valence-electron chi connectivity index (χ2n) is 6.37. The second-order valence-corrected chi connectivity index (χ2v) is 6.37. The normalized spacial score (nSPS) is 11.7. The first-order chi connectivity index (χ1) is 13.2. The van der Waals surface area contributed by atoms with Crippen molar-refractivity contribution in [2.24, 2.45) is 0 Å². The number of anilines is 1. The van der Waals surface area contributed by atoms with Crippen LogP contribution in [0.3, 0.4) is 0 Å². The number of hydrogen-bond donors (Lipinski definition) is 2. The zero-order valence-corrected chi connectivity index (χ0v) is 16.4. The van der Waals surface area contributed by atoms with Crippen molar-refractivity contribution in [1.29, 1.82) is 0 Å². The summed E-state index contributed by atoms with van der Waals surface area (Å²) >= 11 is 0. The third-order valence-corrected chi connectivity index (χ3v) is 3.86. The Labute approximate surface area is 162 Å². The summed E-state index contributed by atoms with van der Waals surface area (Å²) in [4.78, 5) is 12.2. The lowest BCUT2D eigenvalue weighted by Gasteiger charge is -2.18. The van der Waals surface area contributed by atoms with Gasteiger partial charge in [0.2, 0.25) is 0 Å². The van der Waals surface area contributed by atoms with Crippen molar-refractivity contribution in [2.75, 3.05) is 19.5 Å². The first-order valence-corrected chi connectivity index (χ1v) is 8.70. The van der Waals surface area contributed by atoms with E-state index in [9.17, 15) is 13.6 Å². The molecule has 0 aliphatic carbocycles. The van der Waals surface area contributed by atoms with Gasteiger partial charge in [0, 0.05) is 17.8 Å². The smallest absolute Gasteiger partial charge is 0.319 e. The minimum absolute atomic E-state index is 0.00800. The number of carbonyl (C=O) groups is 1. The molecule has 152 valence electrons. The Balaban J connectivity index is 2.08. The quantitative estimate of drug-likeness (QED) is 0.717. The van der Waals surface area contributed by atoms with E-state index < -0.39 is 29.5 Å². The monoisotopic (exact) mass is 394 g/mol. The number of amides is 2. The Kier molecular flexibility index (Phi) is 7.03. The maximum atomic E-state index is 13.7. The number of carbonyl (C=O) groups excluding carboxylic acids is 1. The Morgan fingerprint density at radius 2 is 1.61 bits per heavy atom. The Morgan fingerprint density at radius 1 is 0.964 bits per heavy atom. The predicted octanol–water partition coefficient (Wildman–Crippen LogP) is 4.65. The van der Waals surface area contributed by atoms with Gasteiger partial charge in [-0.05, 0) is 38.5 Å². The molecule has 0 aliphatic heterocycles. The van der Waals surface area contributed by atoms with Gasteiger partial charge in [-0.2, -0.15) is 0 Å². The van der Waals surface area contributed by atoms with Crippen LogP contribution in [-0.4, -0.2) is 26.4 Å². The van der Waals surface area contributed by atoms with Crippen molar-refractivity contribution in [2.45, 2.75) is 32.9 Å². The van der Waals surface area contributed by atoms with E-state index in [0.29, 0.717) is 11.5 Å². The molecule has 1 atom stereocenters. The standard InChI is InChI=1S/C20H24F2N2O4/c1-11(2)28-17-7-6-13(8-18(17)26-4)12(3)23-20(25)24-14-9-15(21)19(27-5)16(22)10-14/h6-12H,1-5H3,(H2,23,24,25). The topological polar surface area (TPSA) is 68.8 Å². The third kappa shape index (κ3) is 5.25. The van der Waals surface area contributed by atoms with Crippen molar-refractivity contribution in [3.8, 4) is 17.2 Å². The zero-order valence-electron chi connectivity index (χ0n) is 16.4. The van der Waals surface area contributed by atoms with Crippen LogP contribution in [0.2, 0.25) is 0 Å². The van der Waals surface area contributed by atoms with Crippen LogP contribution in [0.5, 0.6) is 17.2 Å². The summed E-state index contributed by atoms with van der Waals surface area (Å²) in [6, 6.07) is 6.28. The molecule has 2 rings (SSSR count). The van der Waals surface area contributed by atoms with Crippen LogP contribution >= 0.6 is 0 Å².